The van der Waals surface area contributed by atoms with Gasteiger partial charge in [-0.1, -0.05) is 0 Å². The Kier molecular flexibility index (Phi) is 4.08. The Morgan fingerprint density at radius 3 is 2.27 bits per heavy atom. The first kappa shape index (κ1) is 12.4. The summed E-state index contributed by atoms with van der Waals surface area (Å²) in [4.78, 5) is 2.16. The Bertz CT molecular complexity index is 339. The van der Waals surface area contributed by atoms with E-state index >= 15 is 0 Å². The summed E-state index contributed by atoms with van der Waals surface area (Å²) in [7, 11) is -3.05. The van der Waals surface area contributed by atoms with Gasteiger partial charge in [0.25, 0.3) is 0 Å². The zero-order valence-electron chi connectivity index (χ0n) is 9.18. The number of hydrogen-bond donors (Lipinski definition) is 0. The van der Waals surface area contributed by atoms with Crippen molar-refractivity contribution in [1.29, 1.82) is 5.26 Å². The highest BCUT2D eigenvalue weighted by Gasteiger charge is 2.25. The molecular weight excluding hydrogens is 214 g/mol. The molecule has 1 aliphatic rings. The normalized spacial score (nSPS) is 22.2. The van der Waals surface area contributed by atoms with E-state index in [0.29, 0.717) is 19.5 Å². The third-order valence-corrected chi connectivity index (χ3v) is 4.06. The predicted octanol–water partition coefficient (Wildman–Crippen LogP) is -0.134. The summed E-state index contributed by atoms with van der Waals surface area (Å²) in [5, 5.41) is 8.57. The fourth-order valence-corrected chi connectivity index (χ4v) is 2.56. The highest BCUT2D eigenvalue weighted by Crippen LogP contribution is 2.10. The standard InChI is InChI=1S/C9H17N3O2S/c1-9(3-4-10)11-5-7-12(8-6-11)15(2,13)14/h9H,3,5-8H2,1-2H3. The van der Waals surface area contributed by atoms with E-state index in [4.69, 9.17) is 5.26 Å². The minimum atomic E-state index is -3.05. The predicted molar refractivity (Wildman–Crippen MR) is 57.7 cm³/mol. The molecule has 0 amide bonds. The van der Waals surface area contributed by atoms with Crippen molar-refractivity contribution in [2.45, 2.75) is 19.4 Å². The van der Waals surface area contributed by atoms with Crippen LogP contribution in [0.4, 0.5) is 0 Å². The van der Waals surface area contributed by atoms with E-state index in [2.05, 4.69) is 11.0 Å². The molecule has 0 aromatic heterocycles. The molecule has 0 N–H and O–H groups in total. The number of nitriles is 1. The van der Waals surface area contributed by atoms with Gasteiger partial charge in [0.1, 0.15) is 0 Å². The molecule has 0 aliphatic carbocycles. The summed E-state index contributed by atoms with van der Waals surface area (Å²) in [6.45, 7) is 4.51. The Morgan fingerprint density at radius 2 is 1.87 bits per heavy atom. The van der Waals surface area contributed by atoms with Gasteiger partial charge in [0, 0.05) is 32.2 Å². The molecule has 0 bridgehead atoms. The largest absolute Gasteiger partial charge is 0.297 e. The van der Waals surface area contributed by atoms with Gasteiger partial charge in [-0.15, -0.1) is 0 Å². The van der Waals surface area contributed by atoms with Gasteiger partial charge in [-0.25, -0.2) is 8.42 Å². The van der Waals surface area contributed by atoms with Crippen molar-refractivity contribution in [2.24, 2.45) is 0 Å². The van der Waals surface area contributed by atoms with E-state index < -0.39 is 10.0 Å². The first-order valence-electron chi connectivity index (χ1n) is 5.01. The molecule has 1 saturated heterocycles. The molecule has 15 heavy (non-hydrogen) atoms. The summed E-state index contributed by atoms with van der Waals surface area (Å²) in [6.07, 6.45) is 1.74. The van der Waals surface area contributed by atoms with Crippen LogP contribution in [0.25, 0.3) is 0 Å². The lowest BCUT2D eigenvalue weighted by Crippen LogP contribution is -2.50. The van der Waals surface area contributed by atoms with E-state index in [9.17, 15) is 8.42 Å². The average Bonchev–Trinajstić information content (AvgIpc) is 2.17. The molecule has 5 nitrogen and oxygen atoms in total. The van der Waals surface area contributed by atoms with E-state index in [0.717, 1.165) is 13.1 Å². The Hall–Kier alpha value is -0.640. The lowest BCUT2D eigenvalue weighted by Gasteiger charge is -2.36. The number of hydrogen-bond acceptors (Lipinski definition) is 4. The van der Waals surface area contributed by atoms with E-state index in [1.807, 2.05) is 6.92 Å². The third kappa shape index (κ3) is 3.45. The summed E-state index contributed by atoms with van der Waals surface area (Å²) < 4.78 is 24.0. The van der Waals surface area contributed by atoms with Crippen LogP contribution in [-0.4, -0.2) is 56.1 Å². The Morgan fingerprint density at radius 1 is 1.33 bits per heavy atom. The van der Waals surface area contributed by atoms with Crippen LogP contribution in [0, 0.1) is 11.3 Å². The minimum Gasteiger partial charge on any atom is -0.297 e. The average molecular weight is 231 g/mol. The van der Waals surface area contributed by atoms with Crippen molar-refractivity contribution in [3.63, 3.8) is 0 Å². The molecule has 1 fully saturated rings. The monoisotopic (exact) mass is 231 g/mol. The lowest BCUT2D eigenvalue weighted by molar-refractivity contribution is 0.147. The summed E-state index contributed by atoms with van der Waals surface area (Å²) in [6, 6.07) is 2.35. The van der Waals surface area contributed by atoms with Crippen LogP contribution < -0.4 is 0 Å². The van der Waals surface area contributed by atoms with E-state index in [-0.39, 0.29) is 6.04 Å². The van der Waals surface area contributed by atoms with E-state index in [1.54, 1.807) is 0 Å². The zero-order chi connectivity index (χ0) is 11.5. The number of piperazine rings is 1. The van der Waals surface area contributed by atoms with Crippen LogP contribution in [0.5, 0.6) is 0 Å². The van der Waals surface area contributed by atoms with Gasteiger partial charge in [-0.05, 0) is 6.92 Å². The molecular formula is C9H17N3O2S. The van der Waals surface area contributed by atoms with Crippen molar-refractivity contribution >= 4 is 10.0 Å². The smallest absolute Gasteiger partial charge is 0.211 e. The van der Waals surface area contributed by atoms with Gasteiger partial charge in [0.05, 0.1) is 18.7 Å². The molecule has 0 aromatic carbocycles. The van der Waals surface area contributed by atoms with Crippen molar-refractivity contribution in [3.8, 4) is 6.07 Å². The van der Waals surface area contributed by atoms with Crippen LogP contribution in [0.1, 0.15) is 13.3 Å². The van der Waals surface area contributed by atoms with Crippen LogP contribution >= 0.6 is 0 Å². The van der Waals surface area contributed by atoms with Crippen LogP contribution in [-0.2, 0) is 10.0 Å². The fraction of sp³-hybridized carbons (Fsp3) is 0.889. The summed E-state index contributed by atoms with van der Waals surface area (Å²) in [5.41, 5.74) is 0. The second-order valence-corrected chi connectivity index (χ2v) is 5.89. The third-order valence-electron chi connectivity index (χ3n) is 2.75. The van der Waals surface area contributed by atoms with Crippen molar-refractivity contribution < 1.29 is 8.42 Å². The number of sulfonamides is 1. The first-order chi connectivity index (χ1) is 6.95. The zero-order valence-corrected chi connectivity index (χ0v) is 10.00. The van der Waals surface area contributed by atoms with Gasteiger partial charge in [-0.3, -0.25) is 4.90 Å². The molecule has 1 heterocycles. The SMILES string of the molecule is CC(CC#N)N1CCN(S(C)(=O)=O)CC1. The summed E-state index contributed by atoms with van der Waals surface area (Å²) in [5.74, 6) is 0. The minimum absolute atomic E-state index is 0.219. The molecule has 0 radical (unpaired) electrons. The number of nitrogens with zero attached hydrogens (tertiary/aromatic N) is 3. The van der Waals surface area contributed by atoms with Gasteiger partial charge in [-0.2, -0.15) is 9.57 Å². The van der Waals surface area contributed by atoms with E-state index in [1.165, 1.54) is 10.6 Å². The topological polar surface area (TPSA) is 64.4 Å². The molecule has 86 valence electrons. The molecule has 0 saturated carbocycles. The van der Waals surface area contributed by atoms with Gasteiger partial charge in [0.15, 0.2) is 0 Å². The first-order valence-corrected chi connectivity index (χ1v) is 6.86. The number of rotatable bonds is 3. The second kappa shape index (κ2) is 4.92. The van der Waals surface area contributed by atoms with Crippen LogP contribution in [0.3, 0.4) is 0 Å². The maximum atomic E-state index is 11.2. The quantitative estimate of drug-likeness (QED) is 0.678. The Balaban J connectivity index is 2.47. The van der Waals surface area contributed by atoms with Crippen LogP contribution in [0.2, 0.25) is 0 Å². The highest BCUT2D eigenvalue weighted by molar-refractivity contribution is 7.88. The van der Waals surface area contributed by atoms with Gasteiger partial charge in [0.2, 0.25) is 10.0 Å². The lowest BCUT2D eigenvalue weighted by atomic mass is 10.2. The van der Waals surface area contributed by atoms with Crippen molar-refractivity contribution in [3.05, 3.63) is 0 Å². The second-order valence-electron chi connectivity index (χ2n) is 3.91. The van der Waals surface area contributed by atoms with Crippen molar-refractivity contribution in [2.75, 3.05) is 32.4 Å². The maximum absolute atomic E-state index is 11.2. The van der Waals surface area contributed by atoms with Crippen molar-refractivity contribution in [1.82, 2.24) is 9.21 Å². The summed E-state index contributed by atoms with van der Waals surface area (Å²) >= 11 is 0. The fourth-order valence-electron chi connectivity index (χ4n) is 1.74. The molecule has 1 atom stereocenters. The molecule has 1 rings (SSSR count). The van der Waals surface area contributed by atoms with Gasteiger partial charge < -0.3 is 0 Å². The van der Waals surface area contributed by atoms with Crippen LogP contribution in [0.15, 0.2) is 0 Å². The highest BCUT2D eigenvalue weighted by atomic mass is 32.2. The maximum Gasteiger partial charge on any atom is 0.211 e. The Labute approximate surface area is 91.3 Å². The van der Waals surface area contributed by atoms with Gasteiger partial charge >= 0.3 is 0 Å². The molecule has 0 aromatic rings. The molecule has 0 spiro atoms. The molecule has 1 unspecified atom stereocenters. The molecule has 1 aliphatic heterocycles. The molecule has 6 heteroatoms.